The van der Waals surface area contributed by atoms with E-state index in [-0.39, 0.29) is 5.91 Å². The van der Waals surface area contributed by atoms with Gasteiger partial charge in [0.1, 0.15) is 0 Å². The summed E-state index contributed by atoms with van der Waals surface area (Å²) >= 11 is 1.70. The van der Waals surface area contributed by atoms with Gasteiger partial charge in [-0.05, 0) is 18.4 Å². The van der Waals surface area contributed by atoms with Crippen molar-refractivity contribution in [3.8, 4) is 0 Å². The van der Waals surface area contributed by atoms with Crippen LogP contribution in [0.5, 0.6) is 0 Å². The minimum absolute atomic E-state index is 0.0112. The number of aryl methyl sites for hydroxylation is 1. The van der Waals surface area contributed by atoms with Gasteiger partial charge in [0.05, 0.1) is 12.2 Å². The summed E-state index contributed by atoms with van der Waals surface area (Å²) in [6.07, 6.45) is 6.39. The topological polar surface area (TPSA) is 64.2 Å². The molecule has 6 heteroatoms. The molecule has 0 saturated heterocycles. The zero-order valence-electron chi connectivity index (χ0n) is 10.6. The Hall–Kier alpha value is -1.01. The molecule has 96 valence electrons. The van der Waals surface area contributed by atoms with Crippen LogP contribution in [0.15, 0.2) is 12.4 Å². The second kappa shape index (κ2) is 6.66. The van der Waals surface area contributed by atoms with Gasteiger partial charge in [-0.2, -0.15) is 16.9 Å². The molecule has 0 saturated carbocycles. The van der Waals surface area contributed by atoms with Crippen molar-refractivity contribution in [1.29, 1.82) is 0 Å². The van der Waals surface area contributed by atoms with E-state index >= 15 is 0 Å². The van der Waals surface area contributed by atoms with E-state index in [9.17, 15) is 4.79 Å². The van der Waals surface area contributed by atoms with Gasteiger partial charge < -0.3 is 10.6 Å². The predicted molar refractivity (Wildman–Crippen MR) is 70.7 cm³/mol. The number of hydrogen-bond donors (Lipinski definition) is 1. The Morgan fingerprint density at radius 2 is 2.41 bits per heavy atom. The zero-order chi connectivity index (χ0) is 12.8. The quantitative estimate of drug-likeness (QED) is 0.803. The Morgan fingerprint density at radius 1 is 1.71 bits per heavy atom. The van der Waals surface area contributed by atoms with Crippen LogP contribution in [0.1, 0.15) is 12.0 Å². The van der Waals surface area contributed by atoms with Crippen LogP contribution >= 0.6 is 11.8 Å². The van der Waals surface area contributed by atoms with E-state index < -0.39 is 6.04 Å². The molecule has 0 radical (unpaired) electrons. The molecule has 1 aromatic rings. The molecule has 1 atom stereocenters. The van der Waals surface area contributed by atoms with Crippen molar-refractivity contribution in [2.24, 2.45) is 12.8 Å². The molecule has 0 fully saturated rings. The van der Waals surface area contributed by atoms with Gasteiger partial charge in [0, 0.05) is 32.4 Å². The first-order valence-corrected chi connectivity index (χ1v) is 6.91. The fraction of sp³-hybridized carbons (Fsp3) is 0.636. The van der Waals surface area contributed by atoms with Crippen LogP contribution in [0.3, 0.4) is 0 Å². The lowest BCUT2D eigenvalue weighted by atomic mass is 10.2. The van der Waals surface area contributed by atoms with Crippen LogP contribution in [0, 0.1) is 0 Å². The SMILES string of the molecule is CSCC[C@H](N)C(=O)N(C)Cc1cnn(C)c1. The number of carbonyl (C=O) groups is 1. The number of aromatic nitrogens is 2. The summed E-state index contributed by atoms with van der Waals surface area (Å²) < 4.78 is 1.72. The largest absolute Gasteiger partial charge is 0.340 e. The zero-order valence-corrected chi connectivity index (χ0v) is 11.4. The van der Waals surface area contributed by atoms with E-state index in [4.69, 9.17) is 5.73 Å². The lowest BCUT2D eigenvalue weighted by Gasteiger charge is -2.20. The highest BCUT2D eigenvalue weighted by atomic mass is 32.2. The van der Waals surface area contributed by atoms with Crippen LogP contribution in [-0.4, -0.2) is 45.7 Å². The van der Waals surface area contributed by atoms with Gasteiger partial charge in [-0.25, -0.2) is 0 Å². The second-order valence-electron chi connectivity index (χ2n) is 4.10. The summed E-state index contributed by atoms with van der Waals surface area (Å²) in [6, 6.07) is -0.399. The molecule has 0 aliphatic heterocycles. The van der Waals surface area contributed by atoms with E-state index in [1.165, 1.54) is 0 Å². The molecular formula is C11H20N4OS. The average molecular weight is 256 g/mol. The number of hydrogen-bond acceptors (Lipinski definition) is 4. The summed E-state index contributed by atoms with van der Waals surface area (Å²) in [6.45, 7) is 0.555. The van der Waals surface area contributed by atoms with Crippen molar-refractivity contribution in [3.05, 3.63) is 18.0 Å². The number of amides is 1. The first-order valence-electron chi connectivity index (χ1n) is 5.51. The molecule has 0 spiro atoms. The molecule has 1 aromatic heterocycles. The van der Waals surface area contributed by atoms with E-state index in [2.05, 4.69) is 5.10 Å². The van der Waals surface area contributed by atoms with Gasteiger partial charge in [0.2, 0.25) is 5.91 Å². The van der Waals surface area contributed by atoms with E-state index in [0.717, 1.165) is 17.7 Å². The number of likely N-dealkylation sites (N-methyl/N-ethyl adjacent to an activating group) is 1. The van der Waals surface area contributed by atoms with Gasteiger partial charge >= 0.3 is 0 Å². The molecule has 1 rings (SSSR count). The van der Waals surface area contributed by atoms with Crippen molar-refractivity contribution in [2.45, 2.75) is 19.0 Å². The average Bonchev–Trinajstić information content (AvgIpc) is 2.70. The highest BCUT2D eigenvalue weighted by Gasteiger charge is 2.17. The van der Waals surface area contributed by atoms with Crippen molar-refractivity contribution >= 4 is 17.7 Å². The van der Waals surface area contributed by atoms with Crippen LogP contribution < -0.4 is 5.73 Å². The monoisotopic (exact) mass is 256 g/mol. The van der Waals surface area contributed by atoms with Crippen molar-refractivity contribution in [2.75, 3.05) is 19.1 Å². The van der Waals surface area contributed by atoms with Crippen LogP contribution in [0.2, 0.25) is 0 Å². The molecule has 1 heterocycles. The number of nitrogens with zero attached hydrogens (tertiary/aromatic N) is 3. The first-order chi connectivity index (χ1) is 8.04. The molecule has 0 unspecified atom stereocenters. The Bertz CT molecular complexity index is 366. The highest BCUT2D eigenvalue weighted by Crippen LogP contribution is 2.05. The minimum atomic E-state index is -0.399. The Balaban J connectivity index is 2.46. The summed E-state index contributed by atoms with van der Waals surface area (Å²) in [5.74, 6) is 0.899. The molecule has 0 aliphatic rings. The van der Waals surface area contributed by atoms with Crippen molar-refractivity contribution in [3.63, 3.8) is 0 Å². The summed E-state index contributed by atoms with van der Waals surface area (Å²) in [7, 11) is 3.63. The number of carbonyl (C=O) groups excluding carboxylic acids is 1. The molecule has 5 nitrogen and oxygen atoms in total. The molecule has 2 N–H and O–H groups in total. The molecular weight excluding hydrogens is 236 g/mol. The molecule has 0 aromatic carbocycles. The normalized spacial score (nSPS) is 12.5. The van der Waals surface area contributed by atoms with Crippen LogP contribution in [-0.2, 0) is 18.4 Å². The number of rotatable bonds is 6. The third kappa shape index (κ3) is 4.40. The van der Waals surface area contributed by atoms with Crippen LogP contribution in [0.4, 0.5) is 0 Å². The summed E-state index contributed by atoms with van der Waals surface area (Å²) in [4.78, 5) is 13.6. The van der Waals surface area contributed by atoms with Gasteiger partial charge in [-0.1, -0.05) is 0 Å². The minimum Gasteiger partial charge on any atom is -0.340 e. The third-order valence-electron chi connectivity index (χ3n) is 2.50. The smallest absolute Gasteiger partial charge is 0.239 e. The fourth-order valence-corrected chi connectivity index (χ4v) is 2.05. The summed E-state index contributed by atoms with van der Waals surface area (Å²) in [5, 5.41) is 4.07. The van der Waals surface area contributed by atoms with Gasteiger partial charge in [0.15, 0.2) is 0 Å². The van der Waals surface area contributed by atoms with Crippen molar-refractivity contribution in [1.82, 2.24) is 14.7 Å². The van der Waals surface area contributed by atoms with Gasteiger partial charge in [0.25, 0.3) is 0 Å². The van der Waals surface area contributed by atoms with Gasteiger partial charge in [-0.3, -0.25) is 9.48 Å². The molecule has 1 amide bonds. The fourth-order valence-electron chi connectivity index (χ4n) is 1.56. The van der Waals surface area contributed by atoms with Gasteiger partial charge in [-0.15, -0.1) is 0 Å². The molecule has 0 aliphatic carbocycles. The maximum absolute atomic E-state index is 11.9. The maximum Gasteiger partial charge on any atom is 0.239 e. The highest BCUT2D eigenvalue weighted by molar-refractivity contribution is 7.98. The predicted octanol–water partition coefficient (Wildman–Crippen LogP) is 0.459. The lowest BCUT2D eigenvalue weighted by Crippen LogP contribution is -2.41. The number of nitrogens with two attached hydrogens (primary N) is 1. The third-order valence-corrected chi connectivity index (χ3v) is 3.15. The van der Waals surface area contributed by atoms with E-state index in [1.807, 2.05) is 19.5 Å². The molecule has 17 heavy (non-hydrogen) atoms. The lowest BCUT2D eigenvalue weighted by molar-refractivity contribution is -0.131. The number of thioether (sulfide) groups is 1. The Kier molecular flexibility index (Phi) is 5.50. The van der Waals surface area contributed by atoms with E-state index in [0.29, 0.717) is 6.54 Å². The Morgan fingerprint density at radius 3 is 2.94 bits per heavy atom. The molecule has 0 bridgehead atoms. The van der Waals surface area contributed by atoms with Crippen LogP contribution in [0.25, 0.3) is 0 Å². The Labute approximate surface area is 106 Å². The first kappa shape index (κ1) is 14.1. The standard InChI is InChI=1S/C11H20N4OS/c1-14(7-9-6-13-15(2)8-9)11(16)10(12)4-5-17-3/h6,8,10H,4-5,7,12H2,1-3H3/t10-/m0/s1. The van der Waals surface area contributed by atoms with E-state index in [1.54, 1.807) is 34.6 Å². The second-order valence-corrected chi connectivity index (χ2v) is 5.09. The van der Waals surface area contributed by atoms with Crippen molar-refractivity contribution < 1.29 is 4.79 Å². The maximum atomic E-state index is 11.9. The summed E-state index contributed by atoms with van der Waals surface area (Å²) in [5.41, 5.74) is 6.85.